The number of primary amides is 1. The molecule has 0 saturated heterocycles. The van der Waals surface area contributed by atoms with Gasteiger partial charge in [-0.25, -0.2) is 0 Å². The molecule has 4 nitrogen and oxygen atoms in total. The fourth-order valence-electron chi connectivity index (χ4n) is 3.09. The van der Waals surface area contributed by atoms with Crippen LogP contribution < -0.4 is 11.1 Å². The first-order valence-electron chi connectivity index (χ1n) is 9.35. The normalized spacial score (nSPS) is 11.9. The van der Waals surface area contributed by atoms with Crippen molar-refractivity contribution >= 4 is 39.9 Å². The Morgan fingerprint density at radius 2 is 1.64 bits per heavy atom. The summed E-state index contributed by atoms with van der Waals surface area (Å²) in [6, 6.07) is 22.9. The van der Waals surface area contributed by atoms with Gasteiger partial charge in [0.05, 0.1) is 5.75 Å². The number of amides is 1. The van der Waals surface area contributed by atoms with Crippen molar-refractivity contribution < 1.29 is 9.59 Å². The van der Waals surface area contributed by atoms with E-state index in [1.54, 1.807) is 11.8 Å². The number of rotatable bonds is 10. The molecule has 1 amide bonds. The number of fused-ring (bicyclic) bond motifs is 1. The fourth-order valence-corrected chi connectivity index (χ4v) is 3.95. The van der Waals surface area contributed by atoms with Crippen LogP contribution in [0.1, 0.15) is 23.2 Å². The first-order chi connectivity index (χ1) is 13.6. The lowest BCUT2D eigenvalue weighted by Gasteiger charge is -2.18. The van der Waals surface area contributed by atoms with Gasteiger partial charge >= 0.3 is 0 Å². The molecule has 0 radical (unpaired) electrons. The van der Waals surface area contributed by atoms with Crippen molar-refractivity contribution in [2.24, 2.45) is 5.73 Å². The number of carbonyl (C=O) groups excluding carboxylic acids is 2. The number of nitrogens with one attached hydrogen (secondary N) is 1. The molecule has 0 spiro atoms. The molecule has 0 bridgehead atoms. The summed E-state index contributed by atoms with van der Waals surface area (Å²) in [5, 5.41) is 5.48. The summed E-state index contributed by atoms with van der Waals surface area (Å²) < 4.78 is 0. The highest BCUT2D eigenvalue weighted by Gasteiger charge is 2.16. The predicted molar refractivity (Wildman–Crippen MR) is 118 cm³/mol. The van der Waals surface area contributed by atoms with Crippen molar-refractivity contribution in [2.45, 2.75) is 18.9 Å². The number of Topliss-reactive ketones (excluding diaryl/α,β-unsaturated/α-hetero) is 1. The van der Waals surface area contributed by atoms with E-state index in [4.69, 9.17) is 5.73 Å². The van der Waals surface area contributed by atoms with E-state index in [1.165, 1.54) is 0 Å². The van der Waals surface area contributed by atoms with Gasteiger partial charge in [-0.15, -0.1) is 0 Å². The molecule has 0 aliphatic heterocycles. The Hall–Kier alpha value is -2.79. The van der Waals surface area contributed by atoms with E-state index in [1.807, 2.05) is 72.8 Å². The minimum absolute atomic E-state index is 0.130. The third-order valence-corrected chi connectivity index (χ3v) is 5.62. The second-order valence-electron chi connectivity index (χ2n) is 6.61. The number of thioether (sulfide) groups is 1. The molecule has 0 aromatic heterocycles. The quantitative estimate of drug-likeness (QED) is 0.394. The molecule has 0 fully saturated rings. The third-order valence-electron chi connectivity index (χ3n) is 4.57. The number of ketones is 1. The summed E-state index contributed by atoms with van der Waals surface area (Å²) in [5.41, 5.74) is 7.25. The Labute approximate surface area is 169 Å². The van der Waals surface area contributed by atoms with E-state index in [-0.39, 0.29) is 11.7 Å². The lowest BCUT2D eigenvalue weighted by Crippen LogP contribution is -2.35. The van der Waals surface area contributed by atoms with Crippen molar-refractivity contribution in [1.82, 2.24) is 0 Å². The first-order valence-corrected chi connectivity index (χ1v) is 10.5. The molecule has 3 aromatic carbocycles. The zero-order chi connectivity index (χ0) is 19.8. The second-order valence-corrected chi connectivity index (χ2v) is 7.72. The number of nitrogens with two attached hydrogens (primary N) is 1. The number of anilines is 1. The van der Waals surface area contributed by atoms with Gasteiger partial charge in [0.25, 0.3) is 0 Å². The summed E-state index contributed by atoms with van der Waals surface area (Å²) in [5.74, 6) is 1.02. The molecule has 3 rings (SSSR count). The summed E-state index contributed by atoms with van der Waals surface area (Å²) in [6.07, 6.45) is 1.43. The van der Waals surface area contributed by atoms with Crippen LogP contribution in [0.25, 0.3) is 10.8 Å². The van der Waals surface area contributed by atoms with Crippen molar-refractivity contribution in [2.75, 3.05) is 16.8 Å². The minimum Gasteiger partial charge on any atom is -0.373 e. The fraction of sp³-hybridized carbons (Fsp3) is 0.217. The number of carbonyl (C=O) groups is 2. The van der Waals surface area contributed by atoms with Gasteiger partial charge in [0.2, 0.25) is 5.91 Å². The molecule has 1 atom stereocenters. The first kappa shape index (κ1) is 20.0. The Kier molecular flexibility index (Phi) is 7.09. The molecule has 0 aliphatic rings. The van der Waals surface area contributed by atoms with Crippen molar-refractivity contribution in [3.05, 3.63) is 78.4 Å². The predicted octanol–water partition coefficient (Wildman–Crippen LogP) is 4.50. The van der Waals surface area contributed by atoms with Gasteiger partial charge < -0.3 is 11.1 Å². The molecule has 144 valence electrons. The largest absolute Gasteiger partial charge is 0.373 e. The maximum Gasteiger partial charge on any atom is 0.239 e. The summed E-state index contributed by atoms with van der Waals surface area (Å²) in [6.45, 7) is 0. The van der Waals surface area contributed by atoms with Gasteiger partial charge in [-0.3, -0.25) is 9.59 Å². The van der Waals surface area contributed by atoms with Crippen LogP contribution in [0.2, 0.25) is 0 Å². The molecule has 0 heterocycles. The van der Waals surface area contributed by atoms with E-state index in [9.17, 15) is 9.59 Å². The second kappa shape index (κ2) is 9.95. The highest BCUT2D eigenvalue weighted by molar-refractivity contribution is 7.99. The Balaban J connectivity index is 1.50. The molecule has 28 heavy (non-hydrogen) atoms. The van der Waals surface area contributed by atoms with Crippen LogP contribution in [0.5, 0.6) is 0 Å². The van der Waals surface area contributed by atoms with Crippen LogP contribution in [0.4, 0.5) is 5.69 Å². The zero-order valence-electron chi connectivity index (χ0n) is 15.6. The van der Waals surface area contributed by atoms with Gasteiger partial charge in [0.1, 0.15) is 6.04 Å². The topological polar surface area (TPSA) is 72.2 Å². The van der Waals surface area contributed by atoms with Crippen LogP contribution in [0.3, 0.4) is 0 Å². The smallest absolute Gasteiger partial charge is 0.239 e. The average Bonchev–Trinajstić information content (AvgIpc) is 2.73. The highest BCUT2D eigenvalue weighted by Crippen LogP contribution is 2.24. The number of hydrogen-bond donors (Lipinski definition) is 2. The molecule has 0 saturated carbocycles. The molecular formula is C23H24N2O2S. The van der Waals surface area contributed by atoms with Gasteiger partial charge in [-0.05, 0) is 30.0 Å². The molecule has 0 unspecified atom stereocenters. The third kappa shape index (κ3) is 5.36. The maximum absolute atomic E-state index is 12.1. The summed E-state index contributed by atoms with van der Waals surface area (Å²) in [7, 11) is 0. The monoisotopic (exact) mass is 392 g/mol. The van der Waals surface area contributed by atoms with E-state index in [0.29, 0.717) is 12.2 Å². The van der Waals surface area contributed by atoms with Crippen LogP contribution >= 0.6 is 11.8 Å². The van der Waals surface area contributed by atoms with E-state index >= 15 is 0 Å². The Morgan fingerprint density at radius 1 is 0.929 bits per heavy atom. The van der Waals surface area contributed by atoms with Crippen LogP contribution in [0.15, 0.2) is 72.8 Å². The van der Waals surface area contributed by atoms with Crippen molar-refractivity contribution in [3.8, 4) is 0 Å². The lowest BCUT2D eigenvalue weighted by atomic mass is 10.1. The summed E-state index contributed by atoms with van der Waals surface area (Å²) in [4.78, 5) is 24.0. The average molecular weight is 393 g/mol. The molecular weight excluding hydrogens is 368 g/mol. The Morgan fingerprint density at radius 3 is 2.43 bits per heavy atom. The molecule has 0 aliphatic carbocycles. The van der Waals surface area contributed by atoms with E-state index in [0.717, 1.165) is 34.2 Å². The standard InChI is InChI=1S/C23H24N2O2S/c24-23(27)21(25-20-13-6-11-17-8-4-5-12-19(17)20)14-7-15-28-16-22(26)18-9-2-1-3-10-18/h1-6,8-13,21,25H,7,14-16H2,(H2,24,27)/t21-/m0/s1. The minimum atomic E-state index is -0.434. The summed E-state index contributed by atoms with van der Waals surface area (Å²) >= 11 is 1.59. The van der Waals surface area contributed by atoms with E-state index in [2.05, 4.69) is 5.32 Å². The Bertz CT molecular complexity index is 938. The number of benzene rings is 3. The van der Waals surface area contributed by atoms with Crippen LogP contribution in [-0.2, 0) is 4.79 Å². The SMILES string of the molecule is NC(=O)[C@H](CCCSCC(=O)c1ccccc1)Nc1cccc2ccccc12. The zero-order valence-corrected chi connectivity index (χ0v) is 16.5. The van der Waals surface area contributed by atoms with Crippen LogP contribution in [-0.4, -0.2) is 29.2 Å². The molecule has 5 heteroatoms. The van der Waals surface area contributed by atoms with Gasteiger partial charge in [0.15, 0.2) is 5.78 Å². The van der Waals surface area contributed by atoms with Crippen LogP contribution in [0, 0.1) is 0 Å². The van der Waals surface area contributed by atoms with Crippen molar-refractivity contribution in [1.29, 1.82) is 0 Å². The number of hydrogen-bond acceptors (Lipinski definition) is 4. The van der Waals surface area contributed by atoms with Gasteiger partial charge in [-0.2, -0.15) is 11.8 Å². The van der Waals surface area contributed by atoms with Gasteiger partial charge in [0, 0.05) is 16.6 Å². The van der Waals surface area contributed by atoms with Gasteiger partial charge in [-0.1, -0.05) is 66.7 Å². The van der Waals surface area contributed by atoms with Crippen molar-refractivity contribution in [3.63, 3.8) is 0 Å². The maximum atomic E-state index is 12.1. The lowest BCUT2D eigenvalue weighted by molar-refractivity contribution is -0.118. The molecule has 3 aromatic rings. The van der Waals surface area contributed by atoms with E-state index < -0.39 is 6.04 Å². The molecule has 3 N–H and O–H groups in total. The highest BCUT2D eigenvalue weighted by atomic mass is 32.2.